The number of aromatic nitrogens is 3. The first kappa shape index (κ1) is 19.8. The second-order valence-corrected chi connectivity index (χ2v) is 8.61. The second-order valence-electron chi connectivity index (χ2n) is 7.76. The van der Waals surface area contributed by atoms with Crippen molar-refractivity contribution < 1.29 is 0 Å². The van der Waals surface area contributed by atoms with Gasteiger partial charge in [-0.1, -0.05) is 6.07 Å². The molecule has 0 saturated carbocycles. The molecule has 1 fully saturated rings. The van der Waals surface area contributed by atoms with Gasteiger partial charge < -0.3 is 25.4 Å². The van der Waals surface area contributed by atoms with Gasteiger partial charge in [0.25, 0.3) is 0 Å². The Kier molecular flexibility index (Phi) is 5.48. The normalized spacial score (nSPS) is 14.7. The van der Waals surface area contributed by atoms with Gasteiger partial charge in [0, 0.05) is 61.2 Å². The Morgan fingerprint density at radius 3 is 2.52 bits per heavy atom. The number of fused-ring (bicyclic) bond motifs is 1. The van der Waals surface area contributed by atoms with Crippen LogP contribution in [0.4, 0.5) is 28.8 Å². The van der Waals surface area contributed by atoms with Crippen molar-refractivity contribution in [2.75, 3.05) is 48.8 Å². The molecule has 8 heteroatoms. The van der Waals surface area contributed by atoms with E-state index in [-0.39, 0.29) is 0 Å². The summed E-state index contributed by atoms with van der Waals surface area (Å²) in [7, 11) is 2.17. The number of likely N-dealkylation sites (N-methyl/N-ethyl adjacent to an activating group) is 1. The molecule has 5 rings (SSSR count). The van der Waals surface area contributed by atoms with Crippen LogP contribution >= 0.6 is 15.9 Å². The van der Waals surface area contributed by atoms with Crippen LogP contribution in [0.5, 0.6) is 0 Å². The maximum atomic E-state index is 4.64. The van der Waals surface area contributed by atoms with Crippen molar-refractivity contribution in [1.29, 1.82) is 0 Å². The van der Waals surface area contributed by atoms with Crippen LogP contribution in [-0.2, 0) is 0 Å². The first-order chi connectivity index (χ1) is 15.1. The van der Waals surface area contributed by atoms with Gasteiger partial charge in [-0.15, -0.1) is 0 Å². The maximum absolute atomic E-state index is 4.64. The predicted octanol–water partition coefficient (Wildman–Crippen LogP) is 4.96. The lowest BCUT2D eigenvalue weighted by Gasteiger charge is -2.34. The zero-order chi connectivity index (χ0) is 21.2. The summed E-state index contributed by atoms with van der Waals surface area (Å²) in [6, 6.07) is 16.7. The predicted molar refractivity (Wildman–Crippen MR) is 131 cm³/mol. The van der Waals surface area contributed by atoms with Gasteiger partial charge in [-0.3, -0.25) is 0 Å². The molecule has 2 aromatic carbocycles. The Hall–Kier alpha value is -3.10. The largest absolute Gasteiger partial charge is 0.369 e. The standard InChI is InChI=1S/C23H24BrN7/c1-30-10-12-31(13-11-30)19-6-4-17(5-7-19)28-23-26-15-20(24)22(29-23)27-18-3-2-16-8-9-25-21(16)14-18/h2-9,14-15,25H,10-13H2,1H3,(H2,26,27,28,29). The van der Waals surface area contributed by atoms with Crippen LogP contribution in [0.3, 0.4) is 0 Å². The van der Waals surface area contributed by atoms with Crippen molar-refractivity contribution in [2.45, 2.75) is 0 Å². The molecule has 0 radical (unpaired) electrons. The third-order valence-corrected chi connectivity index (χ3v) is 6.13. The molecule has 1 saturated heterocycles. The van der Waals surface area contributed by atoms with E-state index in [1.54, 1.807) is 6.20 Å². The summed E-state index contributed by atoms with van der Waals surface area (Å²) in [6.45, 7) is 4.31. The molecule has 0 bridgehead atoms. The summed E-state index contributed by atoms with van der Waals surface area (Å²) < 4.78 is 0.801. The van der Waals surface area contributed by atoms with Crippen LogP contribution in [0.2, 0.25) is 0 Å². The summed E-state index contributed by atoms with van der Waals surface area (Å²) in [5.74, 6) is 1.25. The molecule has 3 heterocycles. The highest BCUT2D eigenvalue weighted by Crippen LogP contribution is 2.27. The average Bonchev–Trinajstić information content (AvgIpc) is 3.25. The number of hydrogen-bond acceptors (Lipinski definition) is 6. The number of nitrogens with one attached hydrogen (secondary N) is 3. The van der Waals surface area contributed by atoms with Gasteiger partial charge in [0.2, 0.25) is 5.95 Å². The molecule has 0 spiro atoms. The van der Waals surface area contributed by atoms with Crippen molar-refractivity contribution in [2.24, 2.45) is 0 Å². The molecule has 3 N–H and O–H groups in total. The van der Waals surface area contributed by atoms with Crippen molar-refractivity contribution in [3.05, 3.63) is 65.4 Å². The number of hydrogen-bond donors (Lipinski definition) is 3. The number of aromatic amines is 1. The van der Waals surface area contributed by atoms with Gasteiger partial charge in [-0.25, -0.2) is 4.98 Å². The van der Waals surface area contributed by atoms with Gasteiger partial charge in [0.1, 0.15) is 5.82 Å². The molecule has 4 aromatic rings. The Morgan fingerprint density at radius 1 is 0.935 bits per heavy atom. The maximum Gasteiger partial charge on any atom is 0.229 e. The highest BCUT2D eigenvalue weighted by atomic mass is 79.9. The van der Waals surface area contributed by atoms with E-state index in [4.69, 9.17) is 0 Å². The minimum absolute atomic E-state index is 0.541. The second kappa shape index (κ2) is 8.56. The number of nitrogens with zero attached hydrogens (tertiary/aromatic N) is 4. The van der Waals surface area contributed by atoms with Gasteiger partial charge in [0.15, 0.2) is 0 Å². The molecule has 0 amide bonds. The quantitative estimate of drug-likeness (QED) is 0.377. The molecule has 1 aliphatic rings. The molecule has 0 aliphatic carbocycles. The Labute approximate surface area is 189 Å². The van der Waals surface area contributed by atoms with Crippen molar-refractivity contribution in [3.8, 4) is 0 Å². The van der Waals surface area contributed by atoms with Gasteiger partial charge in [-0.2, -0.15) is 4.98 Å². The van der Waals surface area contributed by atoms with Crippen LogP contribution in [0.1, 0.15) is 0 Å². The summed E-state index contributed by atoms with van der Waals surface area (Å²) in [5, 5.41) is 7.85. The summed E-state index contributed by atoms with van der Waals surface area (Å²) in [5.41, 5.74) is 4.24. The van der Waals surface area contributed by atoms with E-state index < -0.39 is 0 Å². The van der Waals surface area contributed by atoms with Crippen molar-refractivity contribution in [1.82, 2.24) is 19.9 Å². The van der Waals surface area contributed by atoms with E-state index in [2.05, 4.69) is 101 Å². The van der Waals surface area contributed by atoms with Crippen molar-refractivity contribution in [3.63, 3.8) is 0 Å². The number of halogens is 1. The molecule has 0 unspecified atom stereocenters. The van der Waals surface area contributed by atoms with Crippen molar-refractivity contribution >= 4 is 55.7 Å². The van der Waals surface area contributed by atoms with Crippen LogP contribution in [0.15, 0.2) is 65.4 Å². The van der Waals surface area contributed by atoms with Crippen LogP contribution in [-0.4, -0.2) is 53.1 Å². The molecule has 158 valence electrons. The molecule has 7 nitrogen and oxygen atoms in total. The fraction of sp³-hybridized carbons (Fsp3) is 0.217. The first-order valence-electron chi connectivity index (χ1n) is 10.3. The molecule has 31 heavy (non-hydrogen) atoms. The van der Waals surface area contributed by atoms with E-state index in [0.717, 1.165) is 47.5 Å². The zero-order valence-corrected chi connectivity index (χ0v) is 18.9. The minimum Gasteiger partial charge on any atom is -0.369 e. The molecule has 0 atom stereocenters. The molecule has 1 aliphatic heterocycles. The van der Waals surface area contributed by atoms with Gasteiger partial charge in [-0.05, 0) is 70.8 Å². The molecular weight excluding hydrogens is 454 g/mol. The fourth-order valence-electron chi connectivity index (χ4n) is 3.73. The van der Waals surface area contributed by atoms with Crippen LogP contribution < -0.4 is 15.5 Å². The lowest BCUT2D eigenvalue weighted by atomic mass is 10.2. The number of anilines is 5. The highest BCUT2D eigenvalue weighted by Gasteiger charge is 2.14. The number of benzene rings is 2. The fourth-order valence-corrected chi connectivity index (χ4v) is 4.02. The Bertz CT molecular complexity index is 1180. The average molecular weight is 478 g/mol. The van der Waals surface area contributed by atoms with Crippen LogP contribution in [0.25, 0.3) is 10.9 Å². The van der Waals surface area contributed by atoms with Crippen LogP contribution in [0, 0.1) is 0 Å². The number of rotatable bonds is 5. The van der Waals surface area contributed by atoms with E-state index in [9.17, 15) is 0 Å². The smallest absolute Gasteiger partial charge is 0.229 e. The Balaban J connectivity index is 1.29. The highest BCUT2D eigenvalue weighted by molar-refractivity contribution is 9.10. The number of H-pyrrole nitrogens is 1. The summed E-state index contributed by atoms with van der Waals surface area (Å²) in [6.07, 6.45) is 3.69. The lowest BCUT2D eigenvalue weighted by molar-refractivity contribution is 0.313. The first-order valence-corrected chi connectivity index (χ1v) is 11.1. The van der Waals surface area contributed by atoms with E-state index in [0.29, 0.717) is 11.8 Å². The SMILES string of the molecule is CN1CCN(c2ccc(Nc3ncc(Br)c(Nc4ccc5cc[nH]c5c4)n3)cc2)CC1. The molecular formula is C23H24BrN7. The summed E-state index contributed by atoms with van der Waals surface area (Å²) in [4.78, 5) is 17.1. The monoisotopic (exact) mass is 477 g/mol. The number of piperazine rings is 1. The topological polar surface area (TPSA) is 72.1 Å². The van der Waals surface area contributed by atoms with E-state index in [1.807, 2.05) is 12.3 Å². The summed E-state index contributed by atoms with van der Waals surface area (Å²) >= 11 is 3.54. The van der Waals surface area contributed by atoms with Gasteiger partial charge in [0.05, 0.1) is 4.47 Å². The Morgan fingerprint density at radius 2 is 1.71 bits per heavy atom. The van der Waals surface area contributed by atoms with E-state index in [1.165, 1.54) is 11.1 Å². The molecule has 2 aromatic heterocycles. The van der Waals surface area contributed by atoms with Gasteiger partial charge >= 0.3 is 0 Å². The minimum atomic E-state index is 0.541. The zero-order valence-electron chi connectivity index (χ0n) is 17.3. The third kappa shape index (κ3) is 4.50. The van der Waals surface area contributed by atoms with E-state index >= 15 is 0 Å². The third-order valence-electron chi connectivity index (χ3n) is 5.55. The lowest BCUT2D eigenvalue weighted by Crippen LogP contribution is -2.44.